The zero-order valence-electron chi connectivity index (χ0n) is 16.6. The monoisotopic (exact) mass is 411 g/mol. The molecule has 2 aromatic carbocycles. The van der Waals surface area contributed by atoms with Crippen LogP contribution >= 0.6 is 11.3 Å². The van der Waals surface area contributed by atoms with Gasteiger partial charge in [-0.3, -0.25) is 4.79 Å². The summed E-state index contributed by atoms with van der Waals surface area (Å²) in [7, 11) is 4.28. The summed E-state index contributed by atoms with van der Waals surface area (Å²) in [4.78, 5) is 26.6. The van der Waals surface area contributed by atoms with Crippen LogP contribution in [0.5, 0.6) is 11.5 Å². The minimum atomic E-state index is -0.518. The van der Waals surface area contributed by atoms with Gasteiger partial charge in [0.15, 0.2) is 0 Å². The van der Waals surface area contributed by atoms with Crippen LogP contribution in [0, 0.1) is 6.92 Å². The van der Waals surface area contributed by atoms with Gasteiger partial charge in [-0.05, 0) is 24.6 Å². The summed E-state index contributed by atoms with van der Waals surface area (Å²) in [6.45, 7) is 1.90. The largest absolute Gasteiger partial charge is 0.496 e. The van der Waals surface area contributed by atoms with E-state index in [0.29, 0.717) is 22.1 Å². The summed E-state index contributed by atoms with van der Waals surface area (Å²) >= 11 is 1.32. The van der Waals surface area contributed by atoms with Crippen LogP contribution in [0.1, 0.15) is 25.6 Å². The summed E-state index contributed by atoms with van der Waals surface area (Å²) in [5.74, 6) is -0.211. The average molecular weight is 411 g/mol. The zero-order chi connectivity index (χ0) is 21.0. The third-order valence-corrected chi connectivity index (χ3v) is 5.44. The van der Waals surface area contributed by atoms with Crippen molar-refractivity contribution in [2.75, 3.05) is 26.6 Å². The number of amides is 1. The fourth-order valence-electron chi connectivity index (χ4n) is 3.12. The number of benzene rings is 2. The maximum absolute atomic E-state index is 13.1. The van der Waals surface area contributed by atoms with Crippen molar-refractivity contribution >= 4 is 28.2 Å². The highest BCUT2D eigenvalue weighted by Crippen LogP contribution is 2.41. The minimum absolute atomic E-state index is 0.251. The van der Waals surface area contributed by atoms with Crippen LogP contribution < -0.4 is 14.8 Å². The maximum Gasteiger partial charge on any atom is 0.341 e. The SMILES string of the molecule is COC(=O)c1c(NC(=O)c2c(OC)cccc2OC)sc(C)c1-c1ccccc1. The molecule has 0 unspecified atom stereocenters. The number of rotatable bonds is 6. The lowest BCUT2D eigenvalue weighted by Crippen LogP contribution is -2.16. The highest BCUT2D eigenvalue weighted by atomic mass is 32.1. The van der Waals surface area contributed by atoms with Crippen molar-refractivity contribution in [2.24, 2.45) is 0 Å². The lowest BCUT2D eigenvalue weighted by atomic mass is 10.0. The Kier molecular flexibility index (Phi) is 6.19. The normalized spacial score (nSPS) is 10.3. The Labute approximate surface area is 173 Å². The Bertz CT molecular complexity index is 1020. The molecule has 150 valence electrons. The lowest BCUT2D eigenvalue weighted by molar-refractivity contribution is 0.0603. The van der Waals surface area contributed by atoms with Crippen molar-refractivity contribution in [3.8, 4) is 22.6 Å². The number of nitrogens with one attached hydrogen (secondary N) is 1. The molecule has 0 bridgehead atoms. The third kappa shape index (κ3) is 3.95. The van der Waals surface area contributed by atoms with Gasteiger partial charge >= 0.3 is 5.97 Å². The van der Waals surface area contributed by atoms with E-state index in [4.69, 9.17) is 14.2 Å². The molecule has 29 heavy (non-hydrogen) atoms. The Balaban J connectivity index is 2.09. The Morgan fingerprint density at radius 1 is 0.862 bits per heavy atom. The van der Waals surface area contributed by atoms with Gasteiger partial charge in [0.05, 0.1) is 21.3 Å². The van der Waals surface area contributed by atoms with E-state index in [1.54, 1.807) is 18.2 Å². The zero-order valence-corrected chi connectivity index (χ0v) is 17.4. The highest BCUT2D eigenvalue weighted by Gasteiger charge is 2.27. The van der Waals surface area contributed by atoms with Crippen LogP contribution in [0.2, 0.25) is 0 Å². The summed E-state index contributed by atoms with van der Waals surface area (Å²) in [6.07, 6.45) is 0. The van der Waals surface area contributed by atoms with Gasteiger partial charge in [-0.15, -0.1) is 11.3 Å². The lowest BCUT2D eigenvalue weighted by Gasteiger charge is -2.13. The van der Waals surface area contributed by atoms with Gasteiger partial charge in [-0.2, -0.15) is 0 Å². The van der Waals surface area contributed by atoms with E-state index < -0.39 is 11.9 Å². The summed E-state index contributed by atoms with van der Waals surface area (Å²) in [5, 5.41) is 3.25. The number of anilines is 1. The van der Waals surface area contributed by atoms with Crippen molar-refractivity contribution in [3.63, 3.8) is 0 Å². The molecule has 0 fully saturated rings. The molecule has 0 aliphatic carbocycles. The molecule has 6 nitrogen and oxygen atoms in total. The molecule has 1 N–H and O–H groups in total. The molecule has 0 saturated carbocycles. The minimum Gasteiger partial charge on any atom is -0.496 e. The molecule has 7 heteroatoms. The van der Waals surface area contributed by atoms with Gasteiger partial charge in [0.25, 0.3) is 5.91 Å². The predicted octanol–water partition coefficient (Wildman–Crippen LogP) is 4.78. The number of hydrogen-bond acceptors (Lipinski definition) is 6. The molecule has 0 atom stereocenters. The van der Waals surface area contributed by atoms with Gasteiger partial charge in [0, 0.05) is 10.4 Å². The van der Waals surface area contributed by atoms with Crippen LogP contribution in [0.4, 0.5) is 5.00 Å². The van der Waals surface area contributed by atoms with Crippen molar-refractivity contribution in [1.29, 1.82) is 0 Å². The molecule has 0 aliphatic heterocycles. The Morgan fingerprint density at radius 2 is 1.48 bits per heavy atom. The predicted molar refractivity (Wildman–Crippen MR) is 113 cm³/mol. The van der Waals surface area contributed by atoms with E-state index in [2.05, 4.69) is 5.32 Å². The number of carbonyl (C=O) groups excluding carboxylic acids is 2. The number of carbonyl (C=O) groups is 2. The van der Waals surface area contributed by atoms with Crippen LogP contribution in [-0.2, 0) is 4.74 Å². The van der Waals surface area contributed by atoms with Crippen molar-refractivity contribution < 1.29 is 23.8 Å². The molecule has 3 aromatic rings. The van der Waals surface area contributed by atoms with Crippen LogP contribution in [0.15, 0.2) is 48.5 Å². The third-order valence-electron chi connectivity index (χ3n) is 4.42. The van der Waals surface area contributed by atoms with Gasteiger partial charge in [0.1, 0.15) is 27.6 Å². The first-order valence-corrected chi connectivity index (χ1v) is 9.62. The maximum atomic E-state index is 13.1. The van der Waals surface area contributed by atoms with Crippen molar-refractivity contribution in [2.45, 2.75) is 6.92 Å². The molecule has 0 saturated heterocycles. The fourth-order valence-corrected chi connectivity index (χ4v) is 4.18. The standard InChI is InChI=1S/C22H21NO5S/c1-13-17(14-9-6-5-7-10-14)19(22(25)28-4)21(29-13)23-20(24)18-15(26-2)11-8-12-16(18)27-3/h5-12H,1-4H3,(H,23,24). The molecular weight excluding hydrogens is 390 g/mol. The molecule has 0 aliphatic rings. The number of esters is 1. The van der Waals surface area contributed by atoms with E-state index in [-0.39, 0.29) is 5.56 Å². The number of hydrogen-bond donors (Lipinski definition) is 1. The molecule has 1 amide bonds. The topological polar surface area (TPSA) is 73.9 Å². The first kappa shape index (κ1) is 20.4. The van der Waals surface area contributed by atoms with Crippen molar-refractivity contribution in [1.82, 2.24) is 0 Å². The summed E-state index contributed by atoms with van der Waals surface area (Å²) < 4.78 is 15.6. The second-order valence-corrected chi connectivity index (χ2v) is 7.31. The second-order valence-electron chi connectivity index (χ2n) is 6.09. The first-order valence-electron chi connectivity index (χ1n) is 8.81. The van der Waals surface area contributed by atoms with Gasteiger partial charge in [-0.25, -0.2) is 4.79 Å². The molecule has 1 aromatic heterocycles. The Hall–Kier alpha value is -3.32. The number of methoxy groups -OCH3 is 3. The van der Waals surface area contributed by atoms with Gasteiger partial charge < -0.3 is 19.5 Å². The quantitative estimate of drug-likeness (QED) is 0.591. The van der Waals surface area contributed by atoms with E-state index in [9.17, 15) is 9.59 Å². The Morgan fingerprint density at radius 3 is 2.03 bits per heavy atom. The van der Waals surface area contributed by atoms with Crippen LogP contribution in [0.3, 0.4) is 0 Å². The molecule has 0 radical (unpaired) electrons. The van der Waals surface area contributed by atoms with Crippen LogP contribution in [0.25, 0.3) is 11.1 Å². The van der Waals surface area contributed by atoms with Gasteiger partial charge in [0.2, 0.25) is 0 Å². The average Bonchev–Trinajstić information content (AvgIpc) is 3.08. The highest BCUT2D eigenvalue weighted by molar-refractivity contribution is 7.17. The number of aryl methyl sites for hydroxylation is 1. The van der Waals surface area contributed by atoms with E-state index in [0.717, 1.165) is 16.0 Å². The van der Waals surface area contributed by atoms with E-state index in [1.807, 2.05) is 37.3 Å². The molecule has 0 spiro atoms. The number of ether oxygens (including phenoxy) is 3. The first-order chi connectivity index (χ1) is 14.0. The summed E-state index contributed by atoms with van der Waals surface area (Å²) in [6, 6.07) is 14.6. The van der Waals surface area contributed by atoms with E-state index in [1.165, 1.54) is 32.7 Å². The molecule has 3 rings (SSSR count). The van der Waals surface area contributed by atoms with E-state index >= 15 is 0 Å². The smallest absolute Gasteiger partial charge is 0.341 e. The van der Waals surface area contributed by atoms with Crippen LogP contribution in [-0.4, -0.2) is 33.2 Å². The van der Waals surface area contributed by atoms with Crippen molar-refractivity contribution in [3.05, 3.63) is 64.5 Å². The molecular formula is C22H21NO5S. The summed E-state index contributed by atoms with van der Waals surface area (Å²) in [5.41, 5.74) is 2.19. The fraction of sp³-hybridized carbons (Fsp3) is 0.182. The number of thiophene rings is 1. The molecule has 1 heterocycles. The van der Waals surface area contributed by atoms with Gasteiger partial charge in [-0.1, -0.05) is 36.4 Å². The second kappa shape index (κ2) is 8.79.